The van der Waals surface area contributed by atoms with Crippen LogP contribution in [0.25, 0.3) is 0 Å². The molecular formula is C15H26N2O3. The topological polar surface area (TPSA) is 69.6 Å². The van der Waals surface area contributed by atoms with E-state index in [-0.39, 0.29) is 18.4 Å². The number of amides is 2. The number of hydrogen-bond donors (Lipinski definition) is 2. The van der Waals surface area contributed by atoms with Crippen molar-refractivity contribution in [2.75, 3.05) is 19.6 Å². The molecule has 0 aromatic rings. The first kappa shape index (κ1) is 15.1. The molecule has 2 fully saturated rings. The highest BCUT2D eigenvalue weighted by atomic mass is 16.4. The SMILES string of the molecule is O=C(O)CC1CCCN(C(=O)NCC2CCCCC2)C1. The van der Waals surface area contributed by atoms with Crippen LogP contribution in [0.1, 0.15) is 51.4 Å². The number of rotatable bonds is 4. The second kappa shape index (κ2) is 7.50. The van der Waals surface area contributed by atoms with Crippen LogP contribution in [0.15, 0.2) is 0 Å². The summed E-state index contributed by atoms with van der Waals surface area (Å²) < 4.78 is 0. The van der Waals surface area contributed by atoms with Crippen LogP contribution < -0.4 is 5.32 Å². The van der Waals surface area contributed by atoms with Gasteiger partial charge in [-0.1, -0.05) is 19.3 Å². The van der Waals surface area contributed by atoms with E-state index in [1.165, 1.54) is 32.1 Å². The van der Waals surface area contributed by atoms with Gasteiger partial charge in [0.15, 0.2) is 0 Å². The van der Waals surface area contributed by atoms with Crippen molar-refractivity contribution >= 4 is 12.0 Å². The van der Waals surface area contributed by atoms with E-state index in [4.69, 9.17) is 5.11 Å². The zero-order chi connectivity index (χ0) is 14.4. The first-order valence-corrected chi connectivity index (χ1v) is 7.89. The quantitative estimate of drug-likeness (QED) is 0.832. The Bertz CT molecular complexity index is 340. The Kier molecular flexibility index (Phi) is 5.68. The van der Waals surface area contributed by atoms with E-state index in [9.17, 15) is 9.59 Å². The maximum absolute atomic E-state index is 12.1. The Morgan fingerprint density at radius 2 is 1.75 bits per heavy atom. The molecule has 1 heterocycles. The number of piperidine rings is 1. The fraction of sp³-hybridized carbons (Fsp3) is 0.867. The number of aliphatic carboxylic acids is 1. The lowest BCUT2D eigenvalue weighted by Gasteiger charge is -2.33. The smallest absolute Gasteiger partial charge is 0.317 e. The maximum atomic E-state index is 12.1. The van der Waals surface area contributed by atoms with Crippen molar-refractivity contribution in [2.45, 2.75) is 51.4 Å². The molecule has 114 valence electrons. The number of nitrogens with zero attached hydrogens (tertiary/aromatic N) is 1. The fourth-order valence-electron chi connectivity index (χ4n) is 3.40. The van der Waals surface area contributed by atoms with Gasteiger partial charge in [-0.2, -0.15) is 0 Å². The molecule has 0 radical (unpaired) electrons. The van der Waals surface area contributed by atoms with Gasteiger partial charge in [-0.05, 0) is 37.5 Å². The maximum Gasteiger partial charge on any atom is 0.317 e. The molecule has 0 aromatic heterocycles. The van der Waals surface area contributed by atoms with Gasteiger partial charge in [0.05, 0.1) is 0 Å². The average Bonchev–Trinajstić information content (AvgIpc) is 2.45. The van der Waals surface area contributed by atoms with Crippen LogP contribution in [-0.2, 0) is 4.79 Å². The average molecular weight is 282 g/mol. The first-order valence-electron chi connectivity index (χ1n) is 7.89. The summed E-state index contributed by atoms with van der Waals surface area (Å²) >= 11 is 0. The molecule has 0 aromatic carbocycles. The standard InChI is InChI=1S/C15H26N2O3/c18-14(19)9-13-7-4-8-17(11-13)15(20)16-10-12-5-2-1-3-6-12/h12-13H,1-11H2,(H,16,20)(H,18,19). The van der Waals surface area contributed by atoms with Gasteiger partial charge in [-0.3, -0.25) is 4.79 Å². The Labute approximate surface area is 120 Å². The lowest BCUT2D eigenvalue weighted by molar-refractivity contribution is -0.138. The summed E-state index contributed by atoms with van der Waals surface area (Å²) in [4.78, 5) is 24.7. The van der Waals surface area contributed by atoms with E-state index < -0.39 is 5.97 Å². The number of carbonyl (C=O) groups excluding carboxylic acids is 1. The molecule has 0 bridgehead atoms. The minimum Gasteiger partial charge on any atom is -0.481 e. The number of hydrogen-bond acceptors (Lipinski definition) is 2. The number of carboxylic acid groups (broad SMARTS) is 1. The van der Waals surface area contributed by atoms with Gasteiger partial charge in [-0.25, -0.2) is 4.79 Å². The van der Waals surface area contributed by atoms with Crippen LogP contribution in [0.4, 0.5) is 4.79 Å². The van der Waals surface area contributed by atoms with Crippen LogP contribution in [0.5, 0.6) is 0 Å². The highest BCUT2D eigenvalue weighted by molar-refractivity contribution is 5.74. The van der Waals surface area contributed by atoms with E-state index >= 15 is 0 Å². The predicted molar refractivity (Wildman–Crippen MR) is 76.5 cm³/mol. The molecule has 1 saturated carbocycles. The van der Waals surface area contributed by atoms with Gasteiger partial charge in [-0.15, -0.1) is 0 Å². The summed E-state index contributed by atoms with van der Waals surface area (Å²) in [6, 6.07) is -0.00865. The van der Waals surface area contributed by atoms with Gasteiger partial charge in [0.1, 0.15) is 0 Å². The van der Waals surface area contributed by atoms with Crippen molar-refractivity contribution in [1.82, 2.24) is 10.2 Å². The van der Waals surface area contributed by atoms with Crippen LogP contribution in [0.2, 0.25) is 0 Å². The van der Waals surface area contributed by atoms with E-state index in [0.29, 0.717) is 12.5 Å². The van der Waals surface area contributed by atoms with Crippen molar-refractivity contribution in [3.63, 3.8) is 0 Å². The molecule has 2 aliphatic rings. The molecule has 5 nitrogen and oxygen atoms in total. The van der Waals surface area contributed by atoms with Gasteiger partial charge in [0.2, 0.25) is 0 Å². The molecule has 2 rings (SSSR count). The molecule has 2 amide bonds. The van der Waals surface area contributed by atoms with Crippen molar-refractivity contribution in [3.05, 3.63) is 0 Å². The van der Waals surface area contributed by atoms with E-state index in [1.54, 1.807) is 4.90 Å². The molecule has 1 unspecified atom stereocenters. The third-order valence-corrected chi connectivity index (χ3v) is 4.54. The van der Waals surface area contributed by atoms with Crippen molar-refractivity contribution in [1.29, 1.82) is 0 Å². The molecule has 0 spiro atoms. The summed E-state index contributed by atoms with van der Waals surface area (Å²) in [5.74, 6) is -0.0200. The second-order valence-electron chi connectivity index (χ2n) is 6.24. The minimum absolute atomic E-state index is 0.00865. The largest absolute Gasteiger partial charge is 0.481 e. The third kappa shape index (κ3) is 4.69. The lowest BCUT2D eigenvalue weighted by atomic mass is 9.89. The molecule has 1 aliphatic carbocycles. The first-order chi connectivity index (χ1) is 9.65. The summed E-state index contributed by atoms with van der Waals surface area (Å²) in [7, 11) is 0. The van der Waals surface area contributed by atoms with Crippen LogP contribution >= 0.6 is 0 Å². The molecule has 5 heteroatoms. The minimum atomic E-state index is -0.764. The summed E-state index contributed by atoms with van der Waals surface area (Å²) in [5, 5.41) is 11.9. The fourth-order valence-corrected chi connectivity index (χ4v) is 3.40. The number of carboxylic acids is 1. The predicted octanol–water partition coefficient (Wildman–Crippen LogP) is 2.46. The highest BCUT2D eigenvalue weighted by Crippen LogP contribution is 2.23. The highest BCUT2D eigenvalue weighted by Gasteiger charge is 2.25. The van der Waals surface area contributed by atoms with Crippen LogP contribution in [-0.4, -0.2) is 41.6 Å². The normalized spacial score (nSPS) is 24.4. The number of nitrogens with one attached hydrogen (secondary N) is 1. The number of likely N-dealkylation sites (tertiary alicyclic amines) is 1. The Hall–Kier alpha value is -1.26. The summed E-state index contributed by atoms with van der Waals surface area (Å²) in [6.45, 7) is 2.12. The second-order valence-corrected chi connectivity index (χ2v) is 6.24. The Morgan fingerprint density at radius 1 is 1.05 bits per heavy atom. The van der Waals surface area contributed by atoms with Crippen molar-refractivity contribution in [3.8, 4) is 0 Å². The Balaban J connectivity index is 1.72. The Morgan fingerprint density at radius 3 is 2.45 bits per heavy atom. The third-order valence-electron chi connectivity index (χ3n) is 4.54. The van der Waals surface area contributed by atoms with E-state index in [2.05, 4.69) is 5.32 Å². The van der Waals surface area contributed by atoms with Gasteiger partial charge < -0.3 is 15.3 Å². The summed E-state index contributed by atoms with van der Waals surface area (Å²) in [5.41, 5.74) is 0. The zero-order valence-electron chi connectivity index (χ0n) is 12.1. The van der Waals surface area contributed by atoms with E-state index in [1.807, 2.05) is 0 Å². The van der Waals surface area contributed by atoms with Crippen molar-refractivity contribution in [2.24, 2.45) is 11.8 Å². The lowest BCUT2D eigenvalue weighted by Crippen LogP contribution is -2.47. The van der Waals surface area contributed by atoms with E-state index in [0.717, 1.165) is 25.9 Å². The van der Waals surface area contributed by atoms with Crippen LogP contribution in [0.3, 0.4) is 0 Å². The number of carbonyl (C=O) groups is 2. The van der Waals surface area contributed by atoms with Gasteiger partial charge in [0.25, 0.3) is 0 Å². The number of urea groups is 1. The summed E-state index contributed by atoms with van der Waals surface area (Å²) in [6.07, 6.45) is 8.34. The van der Waals surface area contributed by atoms with Crippen molar-refractivity contribution < 1.29 is 14.7 Å². The van der Waals surface area contributed by atoms with Gasteiger partial charge in [0, 0.05) is 26.1 Å². The van der Waals surface area contributed by atoms with Crippen LogP contribution in [0, 0.1) is 11.8 Å². The molecule has 1 atom stereocenters. The van der Waals surface area contributed by atoms with Gasteiger partial charge >= 0.3 is 12.0 Å². The monoisotopic (exact) mass is 282 g/mol. The zero-order valence-corrected chi connectivity index (χ0v) is 12.1. The molecule has 20 heavy (non-hydrogen) atoms. The molecular weight excluding hydrogens is 256 g/mol. The molecule has 2 N–H and O–H groups in total. The molecule has 1 saturated heterocycles. The molecule has 1 aliphatic heterocycles.